The highest BCUT2D eigenvalue weighted by Gasteiger charge is 2.23. The number of nitrogens with one attached hydrogen (secondary N) is 3. The Morgan fingerprint density at radius 1 is 1.53 bits per heavy atom. The summed E-state index contributed by atoms with van der Waals surface area (Å²) in [6.45, 7) is 5.40. The van der Waals surface area contributed by atoms with Gasteiger partial charge in [0.25, 0.3) is 0 Å². The van der Waals surface area contributed by atoms with Crippen LogP contribution in [0, 0.1) is 11.8 Å². The molecule has 2 atom stereocenters. The maximum atomic E-state index is 11.2. The first-order valence-electron chi connectivity index (χ1n) is 5.52. The Morgan fingerprint density at radius 3 is 3.00 bits per heavy atom. The maximum absolute atomic E-state index is 11.2. The second-order valence-corrected chi connectivity index (χ2v) is 3.57. The van der Waals surface area contributed by atoms with E-state index in [1.165, 1.54) is 0 Å². The Morgan fingerprint density at radius 2 is 2.33 bits per heavy atom. The van der Waals surface area contributed by atoms with E-state index in [9.17, 15) is 4.79 Å². The third kappa shape index (κ3) is 4.22. The number of amides is 2. The first kappa shape index (κ1) is 11.9. The summed E-state index contributed by atoms with van der Waals surface area (Å²) in [7, 11) is 0. The first-order valence-corrected chi connectivity index (χ1v) is 5.52. The third-order valence-corrected chi connectivity index (χ3v) is 2.26. The highest BCUT2D eigenvalue weighted by Crippen LogP contribution is 2.05. The smallest absolute Gasteiger partial charge is 0.315 e. The summed E-state index contributed by atoms with van der Waals surface area (Å²) in [5.41, 5.74) is 0. The second-order valence-electron chi connectivity index (χ2n) is 3.57. The maximum Gasteiger partial charge on any atom is 0.315 e. The van der Waals surface area contributed by atoms with Crippen LogP contribution in [0.3, 0.4) is 0 Å². The molecule has 1 saturated heterocycles. The van der Waals surface area contributed by atoms with E-state index >= 15 is 0 Å². The quantitative estimate of drug-likeness (QED) is 0.578. The van der Waals surface area contributed by atoms with Gasteiger partial charge in [0.1, 0.15) is 0 Å². The highest BCUT2D eigenvalue weighted by molar-refractivity contribution is 5.74. The molecule has 84 valence electrons. The zero-order valence-electron chi connectivity index (χ0n) is 9.39. The van der Waals surface area contributed by atoms with E-state index < -0.39 is 0 Å². The second kappa shape index (κ2) is 6.31. The number of carbonyl (C=O) groups excluding carboxylic acids is 1. The summed E-state index contributed by atoms with van der Waals surface area (Å²) >= 11 is 0. The molecular weight excluding hydrogens is 190 g/mol. The third-order valence-electron chi connectivity index (χ3n) is 2.26. The normalized spacial score (nSPS) is 24.1. The van der Waals surface area contributed by atoms with E-state index in [-0.39, 0.29) is 18.1 Å². The Labute approximate surface area is 91.2 Å². The van der Waals surface area contributed by atoms with Crippen molar-refractivity contribution in [2.45, 2.75) is 38.8 Å². The minimum Gasteiger partial charge on any atom is -0.338 e. The molecule has 3 N–H and O–H groups in total. The minimum absolute atomic E-state index is 0.0894. The summed E-state index contributed by atoms with van der Waals surface area (Å²) in [5.74, 6) is 6.18. The SMILES string of the molecule is CCC#C[C@@H]1C[C@@H](NC(=O)NCC)CN1. The summed E-state index contributed by atoms with van der Waals surface area (Å²) in [6, 6.07) is 0.345. The molecule has 0 unspecified atom stereocenters. The van der Waals surface area contributed by atoms with Crippen LogP contribution in [0.1, 0.15) is 26.7 Å². The number of hydrogen-bond donors (Lipinski definition) is 3. The van der Waals surface area contributed by atoms with Crippen LogP contribution < -0.4 is 16.0 Å². The van der Waals surface area contributed by atoms with Crippen LogP contribution in [0.25, 0.3) is 0 Å². The van der Waals surface area contributed by atoms with Gasteiger partial charge in [-0.2, -0.15) is 0 Å². The predicted octanol–water partition coefficient (Wildman–Crippen LogP) is 0.449. The fraction of sp³-hybridized carbons (Fsp3) is 0.727. The van der Waals surface area contributed by atoms with E-state index in [0.717, 1.165) is 19.4 Å². The van der Waals surface area contributed by atoms with Gasteiger partial charge in [-0.1, -0.05) is 12.8 Å². The zero-order valence-corrected chi connectivity index (χ0v) is 9.39. The van der Waals surface area contributed by atoms with Gasteiger partial charge in [0.15, 0.2) is 0 Å². The van der Waals surface area contributed by atoms with E-state index in [1.54, 1.807) is 0 Å². The van der Waals surface area contributed by atoms with Crippen LogP contribution in [0.4, 0.5) is 4.79 Å². The van der Waals surface area contributed by atoms with Gasteiger partial charge >= 0.3 is 6.03 Å². The topological polar surface area (TPSA) is 53.2 Å². The van der Waals surface area contributed by atoms with Crippen LogP contribution >= 0.6 is 0 Å². The molecule has 1 rings (SSSR count). The molecule has 1 fully saturated rings. The van der Waals surface area contributed by atoms with E-state index in [0.29, 0.717) is 6.54 Å². The monoisotopic (exact) mass is 209 g/mol. The van der Waals surface area contributed by atoms with Gasteiger partial charge in [-0.05, 0) is 13.3 Å². The van der Waals surface area contributed by atoms with Gasteiger partial charge in [-0.3, -0.25) is 0 Å². The summed E-state index contributed by atoms with van der Waals surface area (Å²) < 4.78 is 0. The Bertz CT molecular complexity index is 267. The predicted molar refractivity (Wildman–Crippen MR) is 60.5 cm³/mol. The van der Waals surface area contributed by atoms with Crippen LogP contribution in [0.5, 0.6) is 0 Å². The molecule has 4 heteroatoms. The van der Waals surface area contributed by atoms with Crippen molar-refractivity contribution in [2.75, 3.05) is 13.1 Å². The Kier molecular flexibility index (Phi) is 4.99. The summed E-state index contributed by atoms with van der Waals surface area (Å²) in [5, 5.41) is 8.90. The standard InChI is InChI=1S/C11H19N3O/c1-3-5-6-9-7-10(8-13-9)14-11(15)12-4-2/h9-10,13H,3-4,7-8H2,1-2H3,(H2,12,14,15)/t9-,10-/m1/s1. The molecule has 0 radical (unpaired) electrons. The molecule has 0 aromatic rings. The minimum atomic E-state index is -0.0894. The number of hydrogen-bond acceptors (Lipinski definition) is 2. The Hall–Kier alpha value is -1.21. The molecule has 15 heavy (non-hydrogen) atoms. The molecule has 0 saturated carbocycles. The molecule has 1 heterocycles. The molecule has 0 spiro atoms. The van der Waals surface area contributed by atoms with Crippen molar-refractivity contribution in [1.29, 1.82) is 0 Å². The molecule has 1 aliphatic rings. The lowest BCUT2D eigenvalue weighted by Gasteiger charge is -2.11. The van der Waals surface area contributed by atoms with E-state index in [1.807, 2.05) is 13.8 Å². The number of rotatable bonds is 2. The molecule has 0 bridgehead atoms. The molecule has 4 nitrogen and oxygen atoms in total. The van der Waals surface area contributed by atoms with Crippen molar-refractivity contribution in [2.24, 2.45) is 0 Å². The van der Waals surface area contributed by atoms with E-state index in [2.05, 4.69) is 27.8 Å². The van der Waals surface area contributed by atoms with Gasteiger partial charge in [-0.15, -0.1) is 5.92 Å². The highest BCUT2D eigenvalue weighted by atomic mass is 16.2. The fourth-order valence-corrected chi connectivity index (χ4v) is 1.58. The molecule has 1 aliphatic heterocycles. The lowest BCUT2D eigenvalue weighted by atomic mass is 10.2. The first-order chi connectivity index (χ1) is 7.26. The number of urea groups is 1. The van der Waals surface area contributed by atoms with Crippen molar-refractivity contribution in [3.05, 3.63) is 0 Å². The molecular formula is C11H19N3O. The number of carbonyl (C=O) groups is 1. The van der Waals surface area contributed by atoms with Crippen molar-refractivity contribution in [3.8, 4) is 11.8 Å². The van der Waals surface area contributed by atoms with Crippen molar-refractivity contribution < 1.29 is 4.79 Å². The van der Waals surface area contributed by atoms with Crippen LogP contribution in [0.15, 0.2) is 0 Å². The summed E-state index contributed by atoms with van der Waals surface area (Å²) in [6.07, 6.45) is 1.77. The van der Waals surface area contributed by atoms with Crippen LogP contribution in [-0.2, 0) is 0 Å². The molecule has 0 aromatic heterocycles. The lowest BCUT2D eigenvalue weighted by Crippen LogP contribution is -2.42. The average molecular weight is 209 g/mol. The fourth-order valence-electron chi connectivity index (χ4n) is 1.58. The van der Waals surface area contributed by atoms with Crippen molar-refractivity contribution >= 4 is 6.03 Å². The van der Waals surface area contributed by atoms with Gasteiger partial charge < -0.3 is 16.0 Å². The molecule has 0 aromatic carbocycles. The largest absolute Gasteiger partial charge is 0.338 e. The van der Waals surface area contributed by atoms with Crippen LogP contribution in [-0.4, -0.2) is 31.2 Å². The Balaban J connectivity index is 2.27. The van der Waals surface area contributed by atoms with Gasteiger partial charge in [0.2, 0.25) is 0 Å². The van der Waals surface area contributed by atoms with Crippen molar-refractivity contribution in [1.82, 2.24) is 16.0 Å². The lowest BCUT2D eigenvalue weighted by molar-refractivity contribution is 0.238. The van der Waals surface area contributed by atoms with Gasteiger partial charge in [-0.25, -0.2) is 4.79 Å². The average Bonchev–Trinajstić information content (AvgIpc) is 2.63. The van der Waals surface area contributed by atoms with Gasteiger partial charge in [0, 0.05) is 25.6 Å². The van der Waals surface area contributed by atoms with Crippen molar-refractivity contribution in [3.63, 3.8) is 0 Å². The van der Waals surface area contributed by atoms with Gasteiger partial charge in [0.05, 0.1) is 6.04 Å². The van der Waals surface area contributed by atoms with Crippen LogP contribution in [0.2, 0.25) is 0 Å². The van der Waals surface area contributed by atoms with E-state index in [4.69, 9.17) is 0 Å². The molecule has 0 aliphatic carbocycles. The molecule has 2 amide bonds. The zero-order chi connectivity index (χ0) is 11.1. The summed E-state index contributed by atoms with van der Waals surface area (Å²) in [4.78, 5) is 11.2.